The molecule has 0 aliphatic rings. The standard InChI is InChI=1S/C16H18FNO3/c1-5-20-16(19)14-13(9(2)3)18-15(21-14)11-7-6-10(4)8-12(11)17/h6-9H,5H2,1-4H3. The number of oxazole rings is 1. The number of benzene rings is 1. The average Bonchev–Trinajstić information content (AvgIpc) is 2.84. The lowest BCUT2D eigenvalue weighted by atomic mass is 10.1. The summed E-state index contributed by atoms with van der Waals surface area (Å²) in [7, 11) is 0. The van der Waals surface area contributed by atoms with E-state index in [9.17, 15) is 9.18 Å². The number of carbonyl (C=O) groups is 1. The van der Waals surface area contributed by atoms with Gasteiger partial charge in [0, 0.05) is 0 Å². The molecule has 0 spiro atoms. The lowest BCUT2D eigenvalue weighted by Gasteiger charge is -2.02. The van der Waals surface area contributed by atoms with Crippen molar-refractivity contribution in [2.24, 2.45) is 0 Å². The van der Waals surface area contributed by atoms with Gasteiger partial charge in [0.15, 0.2) is 0 Å². The molecule has 0 N–H and O–H groups in total. The number of halogens is 1. The largest absolute Gasteiger partial charge is 0.460 e. The Bertz CT molecular complexity index is 662. The van der Waals surface area contributed by atoms with Crippen LogP contribution in [0.2, 0.25) is 0 Å². The minimum atomic E-state index is -0.576. The third-order valence-electron chi connectivity index (χ3n) is 3.02. The van der Waals surface area contributed by atoms with Gasteiger partial charge in [-0.25, -0.2) is 14.2 Å². The average molecular weight is 291 g/mol. The fraction of sp³-hybridized carbons (Fsp3) is 0.375. The molecule has 2 rings (SSSR count). The van der Waals surface area contributed by atoms with Crippen molar-refractivity contribution in [3.63, 3.8) is 0 Å². The SMILES string of the molecule is CCOC(=O)c1oc(-c2ccc(C)cc2F)nc1C(C)C. The summed E-state index contributed by atoms with van der Waals surface area (Å²) >= 11 is 0. The summed E-state index contributed by atoms with van der Waals surface area (Å²) in [6.45, 7) is 7.52. The van der Waals surface area contributed by atoms with E-state index in [4.69, 9.17) is 9.15 Å². The number of hydrogen-bond acceptors (Lipinski definition) is 4. The third kappa shape index (κ3) is 3.12. The quantitative estimate of drug-likeness (QED) is 0.796. The van der Waals surface area contributed by atoms with Gasteiger partial charge in [-0.3, -0.25) is 0 Å². The minimum Gasteiger partial charge on any atom is -0.460 e. The normalized spacial score (nSPS) is 11.0. The first kappa shape index (κ1) is 15.2. The van der Waals surface area contributed by atoms with Crippen LogP contribution < -0.4 is 0 Å². The van der Waals surface area contributed by atoms with Gasteiger partial charge in [-0.2, -0.15) is 0 Å². The van der Waals surface area contributed by atoms with Crippen molar-refractivity contribution in [3.05, 3.63) is 41.0 Å². The second-order valence-corrected chi connectivity index (χ2v) is 5.09. The maximum absolute atomic E-state index is 14.0. The number of ether oxygens (including phenoxy) is 1. The first-order chi connectivity index (χ1) is 9.93. The topological polar surface area (TPSA) is 52.3 Å². The van der Waals surface area contributed by atoms with Crippen LogP contribution in [0.1, 0.15) is 48.5 Å². The van der Waals surface area contributed by atoms with E-state index in [1.807, 2.05) is 13.8 Å². The molecule has 0 saturated heterocycles. The zero-order chi connectivity index (χ0) is 15.6. The molecule has 0 atom stereocenters. The summed E-state index contributed by atoms with van der Waals surface area (Å²) in [4.78, 5) is 16.2. The van der Waals surface area contributed by atoms with Gasteiger partial charge in [-0.15, -0.1) is 0 Å². The Labute approximate surface area is 122 Å². The number of rotatable bonds is 4. The Morgan fingerprint density at radius 1 is 1.43 bits per heavy atom. The van der Waals surface area contributed by atoms with Crippen molar-refractivity contribution >= 4 is 5.97 Å². The Kier molecular flexibility index (Phi) is 4.40. The minimum absolute atomic E-state index is 0.0320. The van der Waals surface area contributed by atoms with Crippen LogP contribution in [-0.2, 0) is 4.74 Å². The van der Waals surface area contributed by atoms with E-state index in [-0.39, 0.29) is 29.7 Å². The monoisotopic (exact) mass is 291 g/mol. The Balaban J connectivity index is 2.51. The van der Waals surface area contributed by atoms with E-state index in [0.717, 1.165) is 5.56 Å². The number of esters is 1. The van der Waals surface area contributed by atoms with Gasteiger partial charge in [0.05, 0.1) is 17.9 Å². The van der Waals surface area contributed by atoms with Crippen LogP contribution in [0.4, 0.5) is 4.39 Å². The van der Waals surface area contributed by atoms with E-state index in [2.05, 4.69) is 4.98 Å². The Morgan fingerprint density at radius 2 is 2.14 bits per heavy atom. The lowest BCUT2D eigenvalue weighted by Crippen LogP contribution is -2.07. The van der Waals surface area contributed by atoms with Gasteiger partial charge in [0.2, 0.25) is 11.7 Å². The first-order valence-electron chi connectivity index (χ1n) is 6.88. The molecule has 0 aliphatic heterocycles. The van der Waals surface area contributed by atoms with Crippen LogP contribution in [0.3, 0.4) is 0 Å². The summed E-state index contributed by atoms with van der Waals surface area (Å²) in [5, 5.41) is 0. The molecule has 5 heteroatoms. The van der Waals surface area contributed by atoms with Gasteiger partial charge >= 0.3 is 5.97 Å². The molecule has 1 aromatic carbocycles. The molecule has 0 radical (unpaired) electrons. The molecule has 0 bridgehead atoms. The van der Waals surface area contributed by atoms with Crippen molar-refractivity contribution in [2.75, 3.05) is 6.61 Å². The molecule has 0 amide bonds. The summed E-state index contributed by atoms with van der Waals surface area (Å²) in [6, 6.07) is 4.76. The number of nitrogens with zero attached hydrogens (tertiary/aromatic N) is 1. The number of aromatic nitrogens is 1. The number of aryl methyl sites for hydroxylation is 1. The predicted molar refractivity (Wildman–Crippen MR) is 76.7 cm³/mol. The molecule has 21 heavy (non-hydrogen) atoms. The molecule has 2 aromatic rings. The molecular formula is C16H18FNO3. The van der Waals surface area contributed by atoms with Crippen LogP contribution >= 0.6 is 0 Å². The molecule has 0 unspecified atom stereocenters. The summed E-state index contributed by atoms with van der Waals surface area (Å²) in [5.74, 6) is -0.897. The van der Waals surface area contributed by atoms with Gasteiger partial charge < -0.3 is 9.15 Å². The highest BCUT2D eigenvalue weighted by molar-refractivity contribution is 5.88. The zero-order valence-corrected chi connectivity index (χ0v) is 12.6. The van der Waals surface area contributed by atoms with Crippen molar-refractivity contribution in [1.82, 2.24) is 4.98 Å². The number of hydrogen-bond donors (Lipinski definition) is 0. The molecule has 112 valence electrons. The Hall–Kier alpha value is -2.17. The fourth-order valence-electron chi connectivity index (χ4n) is 1.97. The second kappa shape index (κ2) is 6.08. The summed E-state index contributed by atoms with van der Waals surface area (Å²) in [5.41, 5.74) is 1.51. The maximum Gasteiger partial charge on any atom is 0.376 e. The molecular weight excluding hydrogens is 273 g/mol. The highest BCUT2D eigenvalue weighted by Crippen LogP contribution is 2.29. The predicted octanol–water partition coefficient (Wildman–Crippen LogP) is 4.09. The zero-order valence-electron chi connectivity index (χ0n) is 12.6. The molecule has 4 nitrogen and oxygen atoms in total. The molecule has 0 saturated carbocycles. The molecule has 1 heterocycles. The van der Waals surface area contributed by atoms with Crippen LogP contribution in [0, 0.1) is 12.7 Å². The highest BCUT2D eigenvalue weighted by Gasteiger charge is 2.25. The molecule has 0 aliphatic carbocycles. The fourth-order valence-corrected chi connectivity index (χ4v) is 1.97. The van der Waals surface area contributed by atoms with Gasteiger partial charge in [0.1, 0.15) is 5.82 Å². The van der Waals surface area contributed by atoms with E-state index >= 15 is 0 Å². The van der Waals surface area contributed by atoms with Crippen LogP contribution in [0.5, 0.6) is 0 Å². The van der Waals surface area contributed by atoms with Gasteiger partial charge in [0.25, 0.3) is 0 Å². The van der Waals surface area contributed by atoms with E-state index in [0.29, 0.717) is 5.69 Å². The lowest BCUT2D eigenvalue weighted by molar-refractivity contribution is 0.0488. The van der Waals surface area contributed by atoms with Crippen LogP contribution in [0.25, 0.3) is 11.5 Å². The summed E-state index contributed by atoms with van der Waals surface area (Å²) in [6.07, 6.45) is 0. The molecule has 1 aromatic heterocycles. The first-order valence-corrected chi connectivity index (χ1v) is 6.88. The van der Waals surface area contributed by atoms with Gasteiger partial charge in [-0.1, -0.05) is 19.9 Å². The Morgan fingerprint density at radius 3 is 2.71 bits per heavy atom. The number of carbonyl (C=O) groups excluding carboxylic acids is 1. The van der Waals surface area contributed by atoms with Crippen molar-refractivity contribution in [2.45, 2.75) is 33.6 Å². The summed E-state index contributed by atoms with van der Waals surface area (Å²) < 4.78 is 24.4. The van der Waals surface area contributed by atoms with E-state index < -0.39 is 11.8 Å². The van der Waals surface area contributed by atoms with Gasteiger partial charge in [-0.05, 0) is 37.5 Å². The third-order valence-corrected chi connectivity index (χ3v) is 3.02. The van der Waals surface area contributed by atoms with Crippen molar-refractivity contribution in [3.8, 4) is 11.5 Å². The van der Waals surface area contributed by atoms with Crippen molar-refractivity contribution < 1.29 is 18.3 Å². The van der Waals surface area contributed by atoms with Crippen LogP contribution in [-0.4, -0.2) is 17.6 Å². The smallest absolute Gasteiger partial charge is 0.376 e. The molecule has 0 fully saturated rings. The van der Waals surface area contributed by atoms with Crippen LogP contribution in [0.15, 0.2) is 22.6 Å². The van der Waals surface area contributed by atoms with E-state index in [1.54, 1.807) is 26.0 Å². The second-order valence-electron chi connectivity index (χ2n) is 5.09. The highest BCUT2D eigenvalue weighted by atomic mass is 19.1. The van der Waals surface area contributed by atoms with E-state index in [1.165, 1.54) is 6.07 Å². The maximum atomic E-state index is 14.0. The van der Waals surface area contributed by atoms with Crippen molar-refractivity contribution in [1.29, 1.82) is 0 Å².